The molecule has 2 aromatic carbocycles. The highest BCUT2D eigenvalue weighted by molar-refractivity contribution is 7.90. The number of nitrogens with one attached hydrogen (secondary N) is 2. The number of ether oxygens (including phenoxy) is 2. The van der Waals surface area contributed by atoms with Crippen LogP contribution >= 0.6 is 0 Å². The van der Waals surface area contributed by atoms with Crippen LogP contribution in [0.15, 0.2) is 70.5 Å². The van der Waals surface area contributed by atoms with Crippen molar-refractivity contribution in [2.75, 3.05) is 0 Å². The second-order valence-corrected chi connectivity index (χ2v) is 11.2. The van der Waals surface area contributed by atoms with Gasteiger partial charge >= 0.3 is 0 Å². The molecule has 11 heteroatoms. The zero-order chi connectivity index (χ0) is 29.2. The molecule has 4 aromatic rings. The van der Waals surface area contributed by atoms with Crippen LogP contribution in [0, 0.1) is 26.6 Å². The van der Waals surface area contributed by atoms with E-state index in [0.717, 1.165) is 22.8 Å². The maximum atomic E-state index is 14.4. The first kappa shape index (κ1) is 28.5. The van der Waals surface area contributed by atoms with Gasteiger partial charge < -0.3 is 14.5 Å². The average Bonchev–Trinajstić information content (AvgIpc) is 2.85. The monoisotopic (exact) mass is 567 g/mol. The van der Waals surface area contributed by atoms with Gasteiger partial charge in [-0.1, -0.05) is 17.7 Å². The first-order valence-corrected chi connectivity index (χ1v) is 13.8. The normalized spacial score (nSPS) is 11.4. The van der Waals surface area contributed by atoms with Crippen LogP contribution in [0.4, 0.5) is 4.39 Å². The van der Waals surface area contributed by atoms with E-state index >= 15 is 0 Å². The third-order valence-electron chi connectivity index (χ3n) is 5.75. The Balaban J connectivity index is 0.00000462. The van der Waals surface area contributed by atoms with Crippen LogP contribution in [0.1, 0.15) is 42.3 Å². The zero-order valence-electron chi connectivity index (χ0n) is 22.5. The van der Waals surface area contributed by atoms with Crippen LogP contribution in [0.3, 0.4) is 0 Å². The number of hydrogen-bond acceptors (Lipinski definition) is 7. The summed E-state index contributed by atoms with van der Waals surface area (Å²) in [6.07, 6.45) is 1.08. The van der Waals surface area contributed by atoms with E-state index in [1.165, 1.54) is 36.5 Å². The molecule has 9 nitrogen and oxygen atoms in total. The number of nitrogens with zero attached hydrogens (tertiary/aromatic N) is 1. The average molecular weight is 568 g/mol. The van der Waals surface area contributed by atoms with Crippen LogP contribution in [-0.2, 0) is 10.0 Å². The Hall–Kier alpha value is -4.51. The van der Waals surface area contributed by atoms with Crippen LogP contribution in [0.25, 0.3) is 11.3 Å². The number of aryl methyl sites for hydroxylation is 3. The first-order chi connectivity index (χ1) is 18.8. The molecule has 2 N–H and O–H groups in total. The molecule has 40 heavy (non-hydrogen) atoms. The fourth-order valence-electron chi connectivity index (χ4n) is 4.18. The summed E-state index contributed by atoms with van der Waals surface area (Å²) in [5.41, 5.74) is 2.03. The highest BCUT2D eigenvalue weighted by Crippen LogP contribution is 2.33. The lowest BCUT2D eigenvalue weighted by molar-refractivity contribution is 0.0978. The minimum atomic E-state index is -4.53. The summed E-state index contributed by atoms with van der Waals surface area (Å²) in [4.78, 5) is 31.4. The largest absolute Gasteiger partial charge is 0.491 e. The standard InChI is InChI=1S/C29H28FN3O6S.H2/c1-16(2)38-22-14-20(13-21(30)15-22)24-9-8-23(27(34)33-40(36,37)25-7-6-10-31-28(25)35)29(32-24)39-26-18(4)11-17(3)12-19(26)5;/h6-16H,1-5H3,(H,31,35)(H,33,34);1H. The van der Waals surface area contributed by atoms with Gasteiger partial charge in [-0.15, -0.1) is 0 Å². The van der Waals surface area contributed by atoms with Crippen molar-refractivity contribution < 1.29 is 28.5 Å². The first-order valence-electron chi connectivity index (χ1n) is 12.3. The number of pyridine rings is 2. The van der Waals surface area contributed by atoms with Crippen molar-refractivity contribution in [2.24, 2.45) is 0 Å². The Labute approximate surface area is 232 Å². The van der Waals surface area contributed by atoms with Crippen molar-refractivity contribution in [1.82, 2.24) is 14.7 Å². The van der Waals surface area contributed by atoms with Gasteiger partial charge in [0.1, 0.15) is 22.9 Å². The molecule has 2 heterocycles. The molecule has 4 rings (SSSR count). The summed E-state index contributed by atoms with van der Waals surface area (Å²) in [7, 11) is -4.53. The second-order valence-electron chi connectivity index (χ2n) is 9.52. The SMILES string of the molecule is Cc1cc(C)c(Oc2nc(-c3cc(F)cc(OC(C)C)c3)ccc2C(=O)NS(=O)(=O)c2ccc[nH]c2=O)c(C)c1.[HH]. The molecule has 0 aliphatic heterocycles. The van der Waals surface area contributed by atoms with E-state index in [-0.39, 0.29) is 24.7 Å². The molecule has 0 saturated carbocycles. The van der Waals surface area contributed by atoms with E-state index in [0.29, 0.717) is 17.1 Å². The van der Waals surface area contributed by atoms with Gasteiger partial charge in [-0.05, 0) is 82.1 Å². The third kappa shape index (κ3) is 6.37. The maximum Gasteiger partial charge on any atom is 0.270 e. The Morgan fingerprint density at radius 3 is 2.40 bits per heavy atom. The molecule has 1 amide bonds. The van der Waals surface area contributed by atoms with E-state index < -0.39 is 32.2 Å². The van der Waals surface area contributed by atoms with Gasteiger partial charge in [-0.2, -0.15) is 0 Å². The van der Waals surface area contributed by atoms with E-state index in [9.17, 15) is 22.4 Å². The third-order valence-corrected chi connectivity index (χ3v) is 7.10. The highest BCUT2D eigenvalue weighted by atomic mass is 32.2. The number of rotatable bonds is 8. The van der Waals surface area contributed by atoms with Gasteiger partial charge in [0.25, 0.3) is 21.5 Å². The van der Waals surface area contributed by atoms with Crippen molar-refractivity contribution in [2.45, 2.75) is 45.6 Å². The summed E-state index contributed by atoms with van der Waals surface area (Å²) in [5, 5.41) is 0. The summed E-state index contributed by atoms with van der Waals surface area (Å²) in [6.45, 7) is 9.20. The van der Waals surface area contributed by atoms with Crippen molar-refractivity contribution in [1.29, 1.82) is 0 Å². The number of sulfonamides is 1. The predicted octanol–water partition coefficient (Wildman–Crippen LogP) is 5.45. The summed E-state index contributed by atoms with van der Waals surface area (Å²) in [6, 6.07) is 13.0. The molecule has 0 aliphatic carbocycles. The minimum Gasteiger partial charge on any atom is -0.491 e. The summed E-state index contributed by atoms with van der Waals surface area (Å²) >= 11 is 0. The second kappa shape index (κ2) is 11.3. The number of aromatic nitrogens is 2. The number of carbonyl (C=O) groups excluding carboxylic acids is 1. The summed E-state index contributed by atoms with van der Waals surface area (Å²) < 4.78 is 53.8. The van der Waals surface area contributed by atoms with Crippen molar-refractivity contribution in [3.05, 3.63) is 99.2 Å². The number of amides is 1. The fraction of sp³-hybridized carbons (Fsp3) is 0.207. The number of H-pyrrole nitrogens is 1. The topological polar surface area (TPSA) is 127 Å². The van der Waals surface area contributed by atoms with E-state index in [4.69, 9.17) is 9.47 Å². The number of halogens is 1. The molecule has 0 atom stereocenters. The van der Waals surface area contributed by atoms with Crippen LogP contribution in [-0.4, -0.2) is 30.4 Å². The van der Waals surface area contributed by atoms with Gasteiger partial charge in [0.15, 0.2) is 4.90 Å². The van der Waals surface area contributed by atoms with E-state index in [1.807, 2.05) is 51.5 Å². The molecular formula is C29H30FN3O6S. The van der Waals surface area contributed by atoms with E-state index in [2.05, 4.69) is 9.97 Å². The maximum absolute atomic E-state index is 14.4. The molecule has 0 aliphatic rings. The molecule has 0 unspecified atom stereocenters. The smallest absolute Gasteiger partial charge is 0.270 e. The van der Waals surface area contributed by atoms with E-state index in [1.54, 1.807) is 6.07 Å². The summed E-state index contributed by atoms with van der Waals surface area (Å²) in [5.74, 6) is -1.11. The number of aromatic amines is 1. The molecule has 2 aromatic heterocycles. The van der Waals surface area contributed by atoms with Gasteiger partial charge in [0.05, 0.1) is 11.8 Å². The van der Waals surface area contributed by atoms with Crippen LogP contribution in [0.5, 0.6) is 17.4 Å². The predicted molar refractivity (Wildman–Crippen MR) is 150 cm³/mol. The Morgan fingerprint density at radius 1 is 1.05 bits per heavy atom. The quantitative estimate of drug-likeness (QED) is 0.290. The molecule has 0 spiro atoms. The van der Waals surface area contributed by atoms with Gasteiger partial charge in [-0.25, -0.2) is 22.5 Å². The van der Waals surface area contributed by atoms with Gasteiger partial charge in [-0.3, -0.25) is 9.59 Å². The fourth-order valence-corrected chi connectivity index (χ4v) is 5.20. The minimum absolute atomic E-state index is 0. The molecule has 0 radical (unpaired) electrons. The Morgan fingerprint density at radius 2 is 1.75 bits per heavy atom. The number of carbonyl (C=O) groups is 1. The lowest BCUT2D eigenvalue weighted by Crippen LogP contribution is -2.34. The van der Waals surface area contributed by atoms with Crippen molar-refractivity contribution >= 4 is 15.9 Å². The lowest BCUT2D eigenvalue weighted by Gasteiger charge is -2.16. The number of benzene rings is 2. The van der Waals surface area contributed by atoms with Gasteiger partial charge in [0.2, 0.25) is 5.88 Å². The van der Waals surface area contributed by atoms with Crippen molar-refractivity contribution in [3.63, 3.8) is 0 Å². The lowest BCUT2D eigenvalue weighted by atomic mass is 10.1. The van der Waals surface area contributed by atoms with Crippen molar-refractivity contribution in [3.8, 4) is 28.6 Å². The molecule has 0 bridgehead atoms. The number of hydrogen-bond donors (Lipinski definition) is 2. The van der Waals surface area contributed by atoms with Crippen LogP contribution in [0.2, 0.25) is 0 Å². The highest BCUT2D eigenvalue weighted by Gasteiger charge is 2.25. The van der Waals surface area contributed by atoms with Gasteiger partial charge in [0, 0.05) is 19.3 Å². The molecule has 0 saturated heterocycles. The van der Waals surface area contributed by atoms with Crippen LogP contribution < -0.4 is 19.8 Å². The molecule has 210 valence electrons. The molecule has 0 fully saturated rings. The molecular weight excluding hydrogens is 537 g/mol. The zero-order valence-corrected chi connectivity index (χ0v) is 23.4. The Bertz CT molecular complexity index is 1750. The Kier molecular flexibility index (Phi) is 8.06.